The summed E-state index contributed by atoms with van der Waals surface area (Å²) in [6.45, 7) is 4.09. The Hall–Kier alpha value is -1.41. The normalized spacial score (nSPS) is 10.8. The van der Waals surface area contributed by atoms with E-state index in [9.17, 15) is 0 Å². The summed E-state index contributed by atoms with van der Waals surface area (Å²) in [6.07, 6.45) is 0.931. The Balaban J connectivity index is 2.50. The number of nitrogens with one attached hydrogen (secondary N) is 1. The number of aryl methyl sites for hydroxylation is 1. The SMILES string of the molecule is CN[CH]Cc1cc(C)nc2ccccc12. The van der Waals surface area contributed by atoms with Crippen LogP contribution in [0.1, 0.15) is 11.3 Å². The summed E-state index contributed by atoms with van der Waals surface area (Å²) in [5.41, 5.74) is 3.48. The summed E-state index contributed by atoms with van der Waals surface area (Å²) in [4.78, 5) is 4.51. The van der Waals surface area contributed by atoms with Crippen LogP contribution in [0.3, 0.4) is 0 Å². The number of benzene rings is 1. The maximum absolute atomic E-state index is 4.51. The van der Waals surface area contributed by atoms with Crippen LogP contribution in [0.25, 0.3) is 10.9 Å². The molecule has 1 N–H and O–H groups in total. The number of para-hydroxylation sites is 1. The highest BCUT2D eigenvalue weighted by molar-refractivity contribution is 5.82. The van der Waals surface area contributed by atoms with Gasteiger partial charge in [0.05, 0.1) is 5.52 Å². The lowest BCUT2D eigenvalue weighted by Crippen LogP contribution is -2.04. The quantitative estimate of drug-likeness (QED) is 0.821. The molecule has 1 aromatic carbocycles. The van der Waals surface area contributed by atoms with Crippen molar-refractivity contribution >= 4 is 10.9 Å². The summed E-state index contributed by atoms with van der Waals surface area (Å²) < 4.78 is 0. The van der Waals surface area contributed by atoms with Crippen molar-refractivity contribution in [3.8, 4) is 0 Å². The highest BCUT2D eigenvalue weighted by Gasteiger charge is 2.02. The van der Waals surface area contributed by atoms with Crippen molar-refractivity contribution in [2.24, 2.45) is 0 Å². The fourth-order valence-electron chi connectivity index (χ4n) is 1.78. The molecule has 0 saturated carbocycles. The first-order valence-corrected chi connectivity index (χ1v) is 5.15. The van der Waals surface area contributed by atoms with E-state index in [0.29, 0.717) is 0 Å². The first kappa shape index (κ1) is 10.1. The Morgan fingerprint density at radius 1 is 1.33 bits per heavy atom. The minimum Gasteiger partial charge on any atom is -0.315 e. The molecule has 2 heteroatoms. The largest absolute Gasteiger partial charge is 0.315 e. The third-order valence-corrected chi connectivity index (χ3v) is 2.46. The fourth-order valence-corrected chi connectivity index (χ4v) is 1.78. The zero-order chi connectivity index (χ0) is 10.7. The Labute approximate surface area is 90.3 Å². The molecule has 0 atom stereocenters. The minimum absolute atomic E-state index is 0.931. The van der Waals surface area contributed by atoms with Gasteiger partial charge in [0, 0.05) is 17.6 Å². The fraction of sp³-hybridized carbons (Fsp3) is 0.231. The molecule has 0 saturated heterocycles. The molecule has 0 aliphatic carbocycles. The molecule has 2 rings (SSSR count). The first-order valence-electron chi connectivity index (χ1n) is 5.15. The maximum Gasteiger partial charge on any atom is 0.0707 e. The van der Waals surface area contributed by atoms with Crippen LogP contribution in [0, 0.1) is 13.5 Å². The van der Waals surface area contributed by atoms with Crippen molar-refractivity contribution in [1.29, 1.82) is 0 Å². The van der Waals surface area contributed by atoms with Gasteiger partial charge >= 0.3 is 0 Å². The molecule has 15 heavy (non-hydrogen) atoms. The van der Waals surface area contributed by atoms with Crippen LogP contribution in [0.15, 0.2) is 30.3 Å². The topological polar surface area (TPSA) is 24.9 Å². The maximum atomic E-state index is 4.51. The van der Waals surface area contributed by atoms with Gasteiger partial charge in [-0.25, -0.2) is 0 Å². The lowest BCUT2D eigenvalue weighted by atomic mass is 10.1. The van der Waals surface area contributed by atoms with Gasteiger partial charge in [0.15, 0.2) is 0 Å². The van der Waals surface area contributed by atoms with Crippen LogP contribution in [-0.2, 0) is 6.42 Å². The Morgan fingerprint density at radius 2 is 2.13 bits per heavy atom. The second-order valence-electron chi connectivity index (χ2n) is 3.64. The Bertz CT molecular complexity index is 463. The summed E-state index contributed by atoms with van der Waals surface area (Å²) in [7, 11) is 1.93. The predicted octanol–water partition coefficient (Wildman–Crippen LogP) is 2.47. The predicted molar refractivity (Wildman–Crippen MR) is 63.5 cm³/mol. The van der Waals surface area contributed by atoms with E-state index in [1.807, 2.05) is 20.0 Å². The molecule has 2 aromatic rings. The number of rotatable bonds is 3. The number of fused-ring (bicyclic) bond motifs is 1. The van der Waals surface area contributed by atoms with E-state index in [0.717, 1.165) is 17.6 Å². The third kappa shape index (κ3) is 2.16. The van der Waals surface area contributed by atoms with Gasteiger partial charge in [-0.05, 0) is 38.1 Å². The van der Waals surface area contributed by atoms with Crippen LogP contribution in [0.5, 0.6) is 0 Å². The van der Waals surface area contributed by atoms with Gasteiger partial charge in [-0.1, -0.05) is 18.2 Å². The molecule has 1 heterocycles. The van der Waals surface area contributed by atoms with E-state index in [1.54, 1.807) is 0 Å². The molecule has 0 amide bonds. The van der Waals surface area contributed by atoms with Crippen LogP contribution in [0.2, 0.25) is 0 Å². The molecule has 2 nitrogen and oxygen atoms in total. The van der Waals surface area contributed by atoms with Crippen LogP contribution < -0.4 is 5.32 Å². The molecule has 0 bridgehead atoms. The lowest BCUT2D eigenvalue weighted by Gasteiger charge is -2.06. The second kappa shape index (κ2) is 4.41. The molecular weight excluding hydrogens is 184 g/mol. The van der Waals surface area contributed by atoms with Crippen molar-refractivity contribution in [2.75, 3.05) is 7.05 Å². The molecule has 0 aliphatic heterocycles. The summed E-state index contributed by atoms with van der Waals surface area (Å²) in [5, 5.41) is 4.30. The number of likely N-dealkylation sites (N-methyl/N-ethyl adjacent to an activating group) is 1. The Morgan fingerprint density at radius 3 is 2.93 bits per heavy atom. The monoisotopic (exact) mass is 199 g/mol. The second-order valence-corrected chi connectivity index (χ2v) is 3.64. The first-order chi connectivity index (χ1) is 7.31. The standard InChI is InChI=1S/C13H15N2/c1-10-9-11(7-8-14-2)12-5-3-4-6-13(12)15-10/h3-6,8-9,14H,7H2,1-2H3. The van der Waals surface area contributed by atoms with Gasteiger partial charge in [-0.15, -0.1) is 0 Å². The average molecular weight is 199 g/mol. The summed E-state index contributed by atoms with van der Waals surface area (Å²) in [6, 6.07) is 10.4. The number of nitrogens with zero attached hydrogens (tertiary/aromatic N) is 1. The zero-order valence-electron chi connectivity index (χ0n) is 9.12. The van der Waals surface area contributed by atoms with Gasteiger partial charge in [-0.2, -0.15) is 0 Å². The molecule has 0 unspecified atom stereocenters. The van der Waals surface area contributed by atoms with Crippen molar-refractivity contribution in [2.45, 2.75) is 13.3 Å². The minimum atomic E-state index is 0.931. The molecule has 1 aromatic heterocycles. The highest BCUT2D eigenvalue weighted by atomic mass is 14.8. The van der Waals surface area contributed by atoms with Crippen LogP contribution >= 0.6 is 0 Å². The van der Waals surface area contributed by atoms with Crippen LogP contribution in [-0.4, -0.2) is 12.0 Å². The van der Waals surface area contributed by atoms with Crippen molar-refractivity contribution in [3.05, 3.63) is 48.1 Å². The molecule has 1 radical (unpaired) electrons. The average Bonchev–Trinajstić information content (AvgIpc) is 2.25. The molecule has 77 valence electrons. The van der Waals surface area contributed by atoms with E-state index in [1.165, 1.54) is 10.9 Å². The smallest absolute Gasteiger partial charge is 0.0707 e. The van der Waals surface area contributed by atoms with E-state index in [-0.39, 0.29) is 0 Å². The van der Waals surface area contributed by atoms with Gasteiger partial charge in [0.25, 0.3) is 0 Å². The molecular formula is C13H15N2. The summed E-state index contributed by atoms with van der Waals surface area (Å²) in [5.74, 6) is 0. The molecule has 0 spiro atoms. The van der Waals surface area contributed by atoms with Gasteiger partial charge in [0.1, 0.15) is 0 Å². The van der Waals surface area contributed by atoms with E-state index < -0.39 is 0 Å². The van der Waals surface area contributed by atoms with Crippen LogP contribution in [0.4, 0.5) is 0 Å². The lowest BCUT2D eigenvalue weighted by molar-refractivity contribution is 0.914. The summed E-state index contributed by atoms with van der Waals surface area (Å²) >= 11 is 0. The van der Waals surface area contributed by atoms with Gasteiger partial charge in [-0.3, -0.25) is 4.98 Å². The number of hydrogen-bond donors (Lipinski definition) is 1. The highest BCUT2D eigenvalue weighted by Crippen LogP contribution is 2.18. The van der Waals surface area contributed by atoms with E-state index in [2.05, 4.69) is 41.1 Å². The zero-order valence-corrected chi connectivity index (χ0v) is 9.12. The molecule has 0 fully saturated rings. The number of hydrogen-bond acceptors (Lipinski definition) is 2. The number of aromatic nitrogens is 1. The van der Waals surface area contributed by atoms with E-state index >= 15 is 0 Å². The Kier molecular flexibility index (Phi) is 2.97. The van der Waals surface area contributed by atoms with Crippen molar-refractivity contribution < 1.29 is 0 Å². The van der Waals surface area contributed by atoms with Crippen molar-refractivity contribution in [3.63, 3.8) is 0 Å². The van der Waals surface area contributed by atoms with Gasteiger partial charge in [0.2, 0.25) is 0 Å². The van der Waals surface area contributed by atoms with Crippen molar-refractivity contribution in [1.82, 2.24) is 10.3 Å². The number of pyridine rings is 1. The van der Waals surface area contributed by atoms with E-state index in [4.69, 9.17) is 0 Å². The van der Waals surface area contributed by atoms with Gasteiger partial charge < -0.3 is 5.32 Å². The third-order valence-electron chi connectivity index (χ3n) is 2.46. The molecule has 0 aliphatic rings.